The Kier molecular flexibility index (Phi) is 5.03. The molecule has 0 aliphatic heterocycles. The van der Waals surface area contributed by atoms with Crippen LogP contribution in [-0.4, -0.2) is 38.6 Å². The minimum atomic E-state index is -2.03. The number of rotatable bonds is 4. The zero-order valence-corrected chi connectivity index (χ0v) is 13.0. The topological polar surface area (TPSA) is 116 Å². The molecule has 0 aromatic heterocycles. The molecule has 4 N–H and O–H groups in total. The van der Waals surface area contributed by atoms with E-state index in [1.807, 2.05) is 0 Å². The third-order valence-electron chi connectivity index (χ3n) is 2.72. The van der Waals surface area contributed by atoms with Gasteiger partial charge in [0, 0.05) is 12.1 Å². The maximum atomic E-state index is 11.7. The maximum Gasteiger partial charge on any atom is 0.412 e. The highest BCUT2D eigenvalue weighted by molar-refractivity contribution is 5.85. The van der Waals surface area contributed by atoms with Crippen molar-refractivity contribution in [1.82, 2.24) is 0 Å². The molecule has 1 atom stereocenters. The van der Waals surface area contributed by atoms with Crippen LogP contribution in [0.15, 0.2) is 18.2 Å². The lowest BCUT2D eigenvalue weighted by Crippen LogP contribution is -2.37. The number of aliphatic hydroxyl groups is 1. The number of hydrogen-bond donors (Lipinski definition) is 4. The van der Waals surface area contributed by atoms with Gasteiger partial charge in [0.15, 0.2) is 5.60 Å². The summed E-state index contributed by atoms with van der Waals surface area (Å²) in [7, 11) is 0. The number of carboxylic acid groups (broad SMARTS) is 1. The summed E-state index contributed by atoms with van der Waals surface area (Å²) in [5.74, 6) is -1.58. The normalized spacial score (nSPS) is 14.0. The minimum Gasteiger partial charge on any atom is -0.508 e. The lowest BCUT2D eigenvalue weighted by atomic mass is 9.96. The van der Waals surface area contributed by atoms with Crippen LogP contribution >= 0.6 is 0 Å². The molecule has 0 heterocycles. The molecule has 1 unspecified atom stereocenters. The van der Waals surface area contributed by atoms with Crippen molar-refractivity contribution in [2.75, 3.05) is 5.32 Å². The van der Waals surface area contributed by atoms with Crippen molar-refractivity contribution in [2.24, 2.45) is 0 Å². The number of nitrogens with one attached hydrogen (secondary N) is 1. The largest absolute Gasteiger partial charge is 0.508 e. The van der Waals surface area contributed by atoms with E-state index in [1.54, 1.807) is 20.8 Å². The number of aromatic hydroxyl groups is 1. The molecule has 0 radical (unpaired) electrons. The van der Waals surface area contributed by atoms with Gasteiger partial charge >= 0.3 is 12.1 Å². The second-order valence-corrected chi connectivity index (χ2v) is 6.23. The predicted molar refractivity (Wildman–Crippen MR) is 79.9 cm³/mol. The number of amides is 1. The predicted octanol–water partition coefficient (Wildman–Crippen LogP) is 2.12. The van der Waals surface area contributed by atoms with E-state index < -0.39 is 23.3 Å². The first-order chi connectivity index (χ1) is 9.90. The molecule has 1 amide bonds. The van der Waals surface area contributed by atoms with Crippen molar-refractivity contribution in [2.45, 2.75) is 45.3 Å². The lowest BCUT2D eigenvalue weighted by Gasteiger charge is -2.21. The Morgan fingerprint density at radius 1 is 1.23 bits per heavy atom. The molecular formula is C15H21NO6. The average Bonchev–Trinajstić information content (AvgIpc) is 2.30. The number of aliphatic carboxylic acids is 1. The SMILES string of the molecule is CC(C)(C)OC(=O)Nc1ccc(O)c(CC(C)(O)C(=O)O)c1. The van der Waals surface area contributed by atoms with Crippen LogP contribution in [0.25, 0.3) is 0 Å². The van der Waals surface area contributed by atoms with Gasteiger partial charge in [-0.1, -0.05) is 0 Å². The monoisotopic (exact) mass is 311 g/mol. The Labute approximate surface area is 128 Å². The smallest absolute Gasteiger partial charge is 0.412 e. The Hall–Kier alpha value is -2.28. The van der Waals surface area contributed by atoms with Crippen LogP contribution in [0.4, 0.5) is 10.5 Å². The van der Waals surface area contributed by atoms with Gasteiger partial charge in [-0.3, -0.25) is 5.32 Å². The molecule has 0 fully saturated rings. The first-order valence-electron chi connectivity index (χ1n) is 6.68. The van der Waals surface area contributed by atoms with Crippen LogP contribution in [0.3, 0.4) is 0 Å². The van der Waals surface area contributed by atoms with E-state index in [2.05, 4.69) is 5.32 Å². The second-order valence-electron chi connectivity index (χ2n) is 6.23. The summed E-state index contributed by atoms with van der Waals surface area (Å²) in [5, 5.41) is 30.9. The molecule has 0 aliphatic carbocycles. The molecule has 7 nitrogen and oxygen atoms in total. The number of phenolic OH excluding ortho intramolecular Hbond substituents is 1. The number of anilines is 1. The van der Waals surface area contributed by atoms with Gasteiger partial charge in [-0.05, 0) is 51.5 Å². The van der Waals surface area contributed by atoms with E-state index >= 15 is 0 Å². The number of carbonyl (C=O) groups excluding carboxylic acids is 1. The summed E-state index contributed by atoms with van der Waals surface area (Å²) in [4.78, 5) is 22.6. The van der Waals surface area contributed by atoms with Gasteiger partial charge in [-0.15, -0.1) is 0 Å². The van der Waals surface area contributed by atoms with E-state index in [4.69, 9.17) is 9.84 Å². The first-order valence-corrected chi connectivity index (χ1v) is 6.68. The van der Waals surface area contributed by atoms with Crippen molar-refractivity contribution in [3.05, 3.63) is 23.8 Å². The molecule has 0 saturated carbocycles. The van der Waals surface area contributed by atoms with E-state index in [-0.39, 0.29) is 17.7 Å². The van der Waals surface area contributed by atoms with Crippen LogP contribution in [0, 0.1) is 0 Å². The highest BCUT2D eigenvalue weighted by Gasteiger charge is 2.31. The summed E-state index contributed by atoms with van der Waals surface area (Å²) in [6.45, 7) is 6.29. The molecule has 122 valence electrons. The Morgan fingerprint density at radius 2 is 1.82 bits per heavy atom. The summed E-state index contributed by atoms with van der Waals surface area (Å²) in [6.07, 6.45) is -0.980. The summed E-state index contributed by atoms with van der Waals surface area (Å²) < 4.78 is 5.09. The zero-order chi connectivity index (χ0) is 17.1. The van der Waals surface area contributed by atoms with Gasteiger partial charge in [0.05, 0.1) is 0 Å². The fraction of sp³-hybridized carbons (Fsp3) is 0.467. The zero-order valence-electron chi connectivity index (χ0n) is 13.0. The number of carboxylic acids is 1. The van der Waals surface area contributed by atoms with Crippen molar-refractivity contribution in [3.8, 4) is 5.75 Å². The summed E-state index contributed by atoms with van der Waals surface area (Å²) in [5.41, 5.74) is -2.16. The van der Waals surface area contributed by atoms with Gasteiger partial charge in [0.1, 0.15) is 11.4 Å². The highest BCUT2D eigenvalue weighted by Crippen LogP contribution is 2.26. The number of ether oxygens (including phenoxy) is 1. The first kappa shape index (κ1) is 17.8. The number of carbonyl (C=O) groups is 2. The Morgan fingerprint density at radius 3 is 2.32 bits per heavy atom. The van der Waals surface area contributed by atoms with Crippen LogP contribution in [0.2, 0.25) is 0 Å². The van der Waals surface area contributed by atoms with E-state index in [0.717, 1.165) is 6.92 Å². The average molecular weight is 311 g/mol. The molecule has 0 bridgehead atoms. The fourth-order valence-electron chi connectivity index (χ4n) is 1.67. The van der Waals surface area contributed by atoms with E-state index in [1.165, 1.54) is 18.2 Å². The third kappa shape index (κ3) is 5.25. The van der Waals surface area contributed by atoms with E-state index in [0.29, 0.717) is 5.69 Å². The van der Waals surface area contributed by atoms with Gasteiger partial charge in [0.2, 0.25) is 0 Å². The van der Waals surface area contributed by atoms with Gasteiger partial charge in [0.25, 0.3) is 0 Å². The van der Waals surface area contributed by atoms with Crippen molar-refractivity contribution in [1.29, 1.82) is 0 Å². The van der Waals surface area contributed by atoms with Gasteiger partial charge < -0.3 is 20.1 Å². The van der Waals surface area contributed by atoms with Crippen LogP contribution in [0.5, 0.6) is 5.75 Å². The molecule has 1 rings (SSSR count). The van der Waals surface area contributed by atoms with Crippen LogP contribution < -0.4 is 5.32 Å². The molecule has 1 aromatic rings. The molecular weight excluding hydrogens is 290 g/mol. The lowest BCUT2D eigenvalue weighted by molar-refractivity contribution is -0.156. The van der Waals surface area contributed by atoms with Gasteiger partial charge in [-0.2, -0.15) is 0 Å². The van der Waals surface area contributed by atoms with Crippen molar-refractivity contribution < 1.29 is 29.6 Å². The van der Waals surface area contributed by atoms with E-state index in [9.17, 15) is 19.8 Å². The van der Waals surface area contributed by atoms with Crippen molar-refractivity contribution >= 4 is 17.7 Å². The third-order valence-corrected chi connectivity index (χ3v) is 2.72. The van der Waals surface area contributed by atoms with Crippen LogP contribution in [0.1, 0.15) is 33.3 Å². The number of hydrogen-bond acceptors (Lipinski definition) is 5. The van der Waals surface area contributed by atoms with Gasteiger partial charge in [-0.25, -0.2) is 9.59 Å². The quantitative estimate of drug-likeness (QED) is 0.633. The number of phenols is 1. The Balaban J connectivity index is 2.91. The highest BCUT2D eigenvalue weighted by atomic mass is 16.6. The summed E-state index contributed by atoms with van der Waals surface area (Å²) in [6, 6.07) is 4.13. The standard InChI is InChI=1S/C15H21NO6/c1-14(2,3)22-13(20)16-10-5-6-11(17)9(7-10)8-15(4,21)12(18)19/h5-7,17,21H,8H2,1-4H3,(H,16,20)(H,18,19). The van der Waals surface area contributed by atoms with Crippen molar-refractivity contribution in [3.63, 3.8) is 0 Å². The van der Waals surface area contributed by atoms with Crippen LogP contribution in [-0.2, 0) is 16.0 Å². The molecule has 7 heteroatoms. The minimum absolute atomic E-state index is 0.170. The molecule has 0 saturated heterocycles. The summed E-state index contributed by atoms with van der Waals surface area (Å²) >= 11 is 0. The fourth-order valence-corrected chi connectivity index (χ4v) is 1.67. The maximum absolute atomic E-state index is 11.7. The molecule has 0 spiro atoms. The molecule has 1 aromatic carbocycles. The molecule has 22 heavy (non-hydrogen) atoms. The number of benzene rings is 1. The Bertz CT molecular complexity index is 574. The second kappa shape index (κ2) is 6.23. The molecule has 0 aliphatic rings.